The van der Waals surface area contributed by atoms with Gasteiger partial charge in [-0.05, 0) is 11.6 Å². The number of rotatable bonds is 3. The minimum atomic E-state index is -1.13. The maximum absolute atomic E-state index is 10.9. The number of pyridine rings is 1. The molecule has 0 aliphatic rings. The van der Waals surface area contributed by atoms with Crippen LogP contribution in [-0.2, 0) is 12.6 Å². The lowest BCUT2D eigenvalue weighted by Crippen LogP contribution is -3.00. The molecule has 0 saturated carbocycles. The third-order valence-corrected chi connectivity index (χ3v) is 3.03. The summed E-state index contributed by atoms with van der Waals surface area (Å²) in [5, 5.41) is 10.9. The molecule has 0 aliphatic heterocycles. The molecule has 2 nitrogen and oxygen atoms in total. The first-order chi connectivity index (χ1) is 8.66. The molecule has 1 aromatic carbocycles. The number of hydrogen-bond donors (Lipinski definition) is 1. The maximum Gasteiger partial charge on any atom is 0.175 e. The van der Waals surface area contributed by atoms with Crippen LogP contribution in [0.5, 0.6) is 0 Å². The van der Waals surface area contributed by atoms with Gasteiger partial charge in [-0.3, -0.25) is 0 Å². The predicted octanol–water partition coefficient (Wildman–Crippen LogP) is -1.23. The highest BCUT2D eigenvalue weighted by molar-refractivity contribution is 5.35. The molecule has 0 radical (unpaired) electrons. The van der Waals surface area contributed by atoms with Crippen molar-refractivity contribution < 1.29 is 33.7 Å². The van der Waals surface area contributed by atoms with Crippen LogP contribution in [-0.4, -0.2) is 5.11 Å². The Bertz CT molecular complexity index is 577. The average Bonchev–Trinajstić information content (AvgIpc) is 2.40. The van der Waals surface area contributed by atoms with Crippen LogP contribution in [0.2, 0.25) is 0 Å². The number of aromatic nitrogens is 1. The first kappa shape index (κ1) is 15.7. The Labute approximate surface area is 131 Å². The summed E-state index contributed by atoms with van der Waals surface area (Å²) in [4.78, 5) is 0. The normalized spacial score (nSPS) is 12.9. The molecule has 19 heavy (non-hydrogen) atoms. The predicted molar refractivity (Wildman–Crippen MR) is 70.5 cm³/mol. The number of hydrogen-bond acceptors (Lipinski definition) is 1. The molecule has 1 unspecified atom stereocenters. The molecule has 98 valence electrons. The van der Waals surface area contributed by atoms with Gasteiger partial charge in [-0.15, -0.1) is 12.3 Å². The van der Waals surface area contributed by atoms with Crippen LogP contribution in [0, 0.1) is 12.3 Å². The fourth-order valence-corrected chi connectivity index (χ4v) is 2.06. The van der Waals surface area contributed by atoms with Crippen molar-refractivity contribution >= 4 is 0 Å². The molecule has 2 aromatic rings. The summed E-state index contributed by atoms with van der Waals surface area (Å²) in [6.45, 7) is 0. The number of aliphatic hydroxyl groups is 1. The van der Waals surface area contributed by atoms with Crippen molar-refractivity contribution in [3.8, 4) is 12.3 Å². The summed E-state index contributed by atoms with van der Waals surface area (Å²) in [6, 6.07) is 13.3. The van der Waals surface area contributed by atoms with Crippen LogP contribution in [0.1, 0.15) is 17.5 Å². The van der Waals surface area contributed by atoms with Gasteiger partial charge in [0.25, 0.3) is 0 Å². The zero-order chi connectivity index (χ0) is 13.0. The topological polar surface area (TPSA) is 24.1 Å². The number of nitrogens with zero attached hydrogens (tertiary/aromatic N) is 1. The van der Waals surface area contributed by atoms with Crippen LogP contribution in [0.4, 0.5) is 0 Å². The lowest BCUT2D eigenvalue weighted by molar-refractivity contribution is -0.672. The van der Waals surface area contributed by atoms with E-state index < -0.39 is 5.60 Å². The van der Waals surface area contributed by atoms with E-state index in [0.717, 1.165) is 11.1 Å². The largest absolute Gasteiger partial charge is 1.00 e. The summed E-state index contributed by atoms with van der Waals surface area (Å²) in [5.41, 5.74) is 0.487. The van der Waals surface area contributed by atoms with Crippen LogP contribution in [0.15, 0.2) is 54.9 Å². The van der Waals surface area contributed by atoms with E-state index in [4.69, 9.17) is 6.42 Å². The Morgan fingerprint density at radius 1 is 1.16 bits per heavy atom. The Morgan fingerprint density at radius 2 is 1.79 bits per heavy atom. The molecule has 3 heteroatoms. The average molecular weight is 365 g/mol. The van der Waals surface area contributed by atoms with Gasteiger partial charge in [-0.1, -0.05) is 30.3 Å². The maximum atomic E-state index is 10.9. The number of terminal acetylenes is 1. The molecule has 0 fully saturated rings. The Hall–Kier alpha value is -1.38. The van der Waals surface area contributed by atoms with Gasteiger partial charge in [0.1, 0.15) is 12.6 Å². The van der Waals surface area contributed by atoms with Crippen LogP contribution >= 0.6 is 0 Å². The summed E-state index contributed by atoms with van der Waals surface area (Å²) in [6.07, 6.45) is 9.48. The van der Waals surface area contributed by atoms with Crippen molar-refractivity contribution in [2.24, 2.45) is 7.05 Å². The van der Waals surface area contributed by atoms with E-state index in [-0.39, 0.29) is 30.4 Å². The van der Waals surface area contributed by atoms with Gasteiger partial charge in [0.2, 0.25) is 0 Å². The number of aryl methyl sites for hydroxylation is 1. The third kappa shape index (κ3) is 3.34. The SMILES string of the molecule is C#CCC(O)(c1ccccc1)c1ccc[n+](C)c1.[I-]. The highest BCUT2D eigenvalue weighted by Gasteiger charge is 2.32. The molecule has 1 heterocycles. The lowest BCUT2D eigenvalue weighted by atomic mass is 9.85. The van der Waals surface area contributed by atoms with Gasteiger partial charge in [0, 0.05) is 12.5 Å². The first-order valence-corrected chi connectivity index (χ1v) is 5.84. The van der Waals surface area contributed by atoms with Crippen molar-refractivity contribution in [2.45, 2.75) is 12.0 Å². The minimum absolute atomic E-state index is 0. The Balaban J connectivity index is 0.00000180. The lowest BCUT2D eigenvalue weighted by Gasteiger charge is -2.26. The van der Waals surface area contributed by atoms with Crippen LogP contribution in [0.3, 0.4) is 0 Å². The van der Waals surface area contributed by atoms with E-state index in [0.29, 0.717) is 0 Å². The zero-order valence-corrected chi connectivity index (χ0v) is 12.9. The van der Waals surface area contributed by atoms with Crippen LogP contribution < -0.4 is 28.5 Å². The molecule has 1 atom stereocenters. The molecule has 1 N–H and O–H groups in total. The van der Waals surface area contributed by atoms with Crippen molar-refractivity contribution in [1.29, 1.82) is 0 Å². The molecular formula is C16H16INO. The monoisotopic (exact) mass is 365 g/mol. The van der Waals surface area contributed by atoms with E-state index in [1.54, 1.807) is 0 Å². The zero-order valence-electron chi connectivity index (χ0n) is 10.8. The summed E-state index contributed by atoms with van der Waals surface area (Å²) >= 11 is 0. The molecule has 0 saturated heterocycles. The van der Waals surface area contributed by atoms with E-state index in [9.17, 15) is 5.11 Å². The van der Waals surface area contributed by atoms with Crippen molar-refractivity contribution in [3.63, 3.8) is 0 Å². The fraction of sp³-hybridized carbons (Fsp3) is 0.188. The smallest absolute Gasteiger partial charge is 0.175 e. The molecule has 2 rings (SSSR count). The second-order valence-electron chi connectivity index (χ2n) is 4.37. The number of halogens is 1. The van der Waals surface area contributed by atoms with Crippen molar-refractivity contribution in [2.75, 3.05) is 0 Å². The first-order valence-electron chi connectivity index (χ1n) is 5.84. The second kappa shape index (κ2) is 6.69. The van der Waals surface area contributed by atoms with E-state index in [1.807, 2.05) is 66.5 Å². The minimum Gasteiger partial charge on any atom is -1.00 e. The van der Waals surface area contributed by atoms with E-state index >= 15 is 0 Å². The molecule has 0 aliphatic carbocycles. The van der Waals surface area contributed by atoms with E-state index in [1.165, 1.54) is 0 Å². The third-order valence-electron chi connectivity index (χ3n) is 3.03. The van der Waals surface area contributed by atoms with Gasteiger partial charge < -0.3 is 29.1 Å². The quantitative estimate of drug-likeness (QED) is 0.412. The molecule has 0 spiro atoms. The highest BCUT2D eigenvalue weighted by atomic mass is 127. The summed E-state index contributed by atoms with van der Waals surface area (Å²) in [7, 11) is 1.92. The fourth-order valence-electron chi connectivity index (χ4n) is 2.06. The molecule has 0 amide bonds. The summed E-state index contributed by atoms with van der Waals surface area (Å²) < 4.78 is 1.90. The Kier molecular flexibility index (Phi) is 5.52. The second-order valence-corrected chi connectivity index (χ2v) is 4.37. The van der Waals surface area contributed by atoms with Crippen LogP contribution in [0.25, 0.3) is 0 Å². The van der Waals surface area contributed by atoms with Crippen molar-refractivity contribution in [1.82, 2.24) is 0 Å². The Morgan fingerprint density at radius 3 is 2.37 bits per heavy atom. The standard InChI is InChI=1S/C16H16NO.HI/c1-3-11-16(18,14-8-5-4-6-9-14)15-10-7-12-17(2)13-15;/h1,4-10,12-13,18H,11H2,2H3;1H/q+1;/p-1. The van der Waals surface area contributed by atoms with Gasteiger partial charge in [0.05, 0.1) is 5.56 Å². The summed E-state index contributed by atoms with van der Waals surface area (Å²) in [5.74, 6) is 2.57. The van der Waals surface area contributed by atoms with Crippen molar-refractivity contribution in [3.05, 3.63) is 66.0 Å². The van der Waals surface area contributed by atoms with E-state index in [2.05, 4.69) is 5.92 Å². The molecule has 0 bridgehead atoms. The molecule has 1 aromatic heterocycles. The van der Waals surface area contributed by atoms with Gasteiger partial charge in [0.15, 0.2) is 12.4 Å². The number of benzene rings is 1. The van der Waals surface area contributed by atoms with Gasteiger partial charge in [-0.2, -0.15) is 0 Å². The highest BCUT2D eigenvalue weighted by Crippen LogP contribution is 2.31. The van der Waals surface area contributed by atoms with Gasteiger partial charge >= 0.3 is 0 Å². The molecular weight excluding hydrogens is 349 g/mol. The van der Waals surface area contributed by atoms with Gasteiger partial charge in [-0.25, -0.2) is 4.57 Å².